The normalized spacial score (nSPS) is 11.0. The van der Waals surface area contributed by atoms with Crippen LogP contribution in [0.2, 0.25) is 0 Å². The first-order chi connectivity index (χ1) is 13.4. The standard InChI is InChI=1S/C23H28N4O/c1-18-16-19(2)27(24-18)22-12-10-21(11-13-22)23(28)26(15-14-25(3)4)17-20-8-6-5-7-9-20/h5-13,16H,14-15,17H2,1-4H3. The molecule has 28 heavy (non-hydrogen) atoms. The van der Waals surface area contributed by atoms with Crippen molar-refractivity contribution < 1.29 is 4.79 Å². The maximum atomic E-state index is 13.2. The first kappa shape index (κ1) is 19.8. The summed E-state index contributed by atoms with van der Waals surface area (Å²) in [6.45, 7) is 6.12. The van der Waals surface area contributed by atoms with Crippen LogP contribution in [0.3, 0.4) is 0 Å². The monoisotopic (exact) mass is 376 g/mol. The summed E-state index contributed by atoms with van der Waals surface area (Å²) in [5.74, 6) is 0.0469. The molecule has 1 heterocycles. The fourth-order valence-electron chi connectivity index (χ4n) is 3.19. The van der Waals surface area contributed by atoms with Gasteiger partial charge in [0.25, 0.3) is 5.91 Å². The summed E-state index contributed by atoms with van der Waals surface area (Å²) in [5, 5.41) is 4.51. The molecule has 0 atom stereocenters. The molecule has 5 nitrogen and oxygen atoms in total. The molecule has 0 radical (unpaired) electrons. The van der Waals surface area contributed by atoms with Gasteiger partial charge < -0.3 is 9.80 Å². The van der Waals surface area contributed by atoms with Crippen molar-refractivity contribution in [1.29, 1.82) is 0 Å². The third-order valence-electron chi connectivity index (χ3n) is 4.69. The van der Waals surface area contributed by atoms with Crippen LogP contribution in [-0.4, -0.2) is 52.7 Å². The van der Waals surface area contributed by atoms with Crippen molar-refractivity contribution in [3.63, 3.8) is 0 Å². The summed E-state index contributed by atoms with van der Waals surface area (Å²) in [6.07, 6.45) is 0. The van der Waals surface area contributed by atoms with Gasteiger partial charge in [-0.15, -0.1) is 0 Å². The van der Waals surface area contributed by atoms with Gasteiger partial charge in [-0.2, -0.15) is 5.10 Å². The van der Waals surface area contributed by atoms with Crippen LogP contribution < -0.4 is 0 Å². The van der Waals surface area contributed by atoms with Crippen LogP contribution in [0.25, 0.3) is 5.69 Å². The summed E-state index contributed by atoms with van der Waals surface area (Å²) in [6, 6.07) is 19.9. The van der Waals surface area contributed by atoms with Gasteiger partial charge in [-0.05, 0) is 63.8 Å². The molecule has 5 heteroatoms. The molecule has 3 aromatic rings. The maximum absolute atomic E-state index is 13.2. The predicted molar refractivity (Wildman–Crippen MR) is 113 cm³/mol. The Balaban J connectivity index is 1.80. The Labute approximate surface area is 167 Å². The van der Waals surface area contributed by atoms with Crippen LogP contribution >= 0.6 is 0 Å². The molecule has 0 saturated heterocycles. The average molecular weight is 377 g/mol. The van der Waals surface area contributed by atoms with E-state index in [0.717, 1.165) is 29.2 Å². The number of nitrogens with zero attached hydrogens (tertiary/aromatic N) is 4. The Morgan fingerprint density at radius 2 is 1.64 bits per heavy atom. The van der Waals surface area contributed by atoms with Gasteiger partial charge in [0.15, 0.2) is 0 Å². The highest BCUT2D eigenvalue weighted by Crippen LogP contribution is 2.15. The lowest BCUT2D eigenvalue weighted by Crippen LogP contribution is -2.36. The van der Waals surface area contributed by atoms with Crippen LogP contribution in [-0.2, 0) is 6.54 Å². The van der Waals surface area contributed by atoms with Crippen LogP contribution in [0.15, 0.2) is 60.7 Å². The van der Waals surface area contributed by atoms with Crippen LogP contribution in [0.1, 0.15) is 27.3 Å². The molecule has 0 unspecified atom stereocenters. The molecule has 146 valence electrons. The van der Waals surface area contributed by atoms with Gasteiger partial charge in [-0.25, -0.2) is 4.68 Å². The lowest BCUT2D eigenvalue weighted by atomic mass is 10.1. The van der Waals surface area contributed by atoms with Gasteiger partial charge in [0.1, 0.15) is 0 Å². The smallest absolute Gasteiger partial charge is 0.254 e. The minimum absolute atomic E-state index is 0.0469. The Hall–Kier alpha value is -2.92. The van der Waals surface area contributed by atoms with E-state index in [1.807, 2.05) is 86.1 Å². The Kier molecular flexibility index (Phi) is 6.26. The average Bonchev–Trinajstić information content (AvgIpc) is 3.03. The number of likely N-dealkylation sites (N-methyl/N-ethyl adjacent to an activating group) is 1. The summed E-state index contributed by atoms with van der Waals surface area (Å²) in [4.78, 5) is 17.2. The topological polar surface area (TPSA) is 41.4 Å². The summed E-state index contributed by atoms with van der Waals surface area (Å²) < 4.78 is 1.90. The quantitative estimate of drug-likeness (QED) is 0.631. The number of rotatable bonds is 7. The van der Waals surface area contributed by atoms with Crippen LogP contribution in [0.5, 0.6) is 0 Å². The van der Waals surface area contributed by atoms with Gasteiger partial charge >= 0.3 is 0 Å². The third kappa shape index (κ3) is 4.87. The number of hydrogen-bond donors (Lipinski definition) is 0. The van der Waals surface area contributed by atoms with Gasteiger partial charge in [0.2, 0.25) is 0 Å². The Morgan fingerprint density at radius 1 is 0.964 bits per heavy atom. The molecule has 3 rings (SSSR count). The predicted octanol–water partition coefficient (Wildman–Crippen LogP) is 3.69. The molecule has 1 aromatic heterocycles. The first-order valence-electron chi connectivity index (χ1n) is 9.55. The van der Waals surface area contributed by atoms with Crippen molar-refractivity contribution in [3.05, 3.63) is 83.2 Å². The van der Waals surface area contributed by atoms with Crippen molar-refractivity contribution in [2.24, 2.45) is 0 Å². The highest BCUT2D eigenvalue weighted by Gasteiger charge is 2.17. The molecule has 0 saturated carbocycles. The lowest BCUT2D eigenvalue weighted by molar-refractivity contribution is 0.0732. The van der Waals surface area contributed by atoms with Gasteiger partial charge in [-0.3, -0.25) is 4.79 Å². The van der Waals surface area contributed by atoms with Gasteiger partial charge in [0.05, 0.1) is 11.4 Å². The van der Waals surface area contributed by atoms with Gasteiger partial charge in [-0.1, -0.05) is 30.3 Å². The summed E-state index contributed by atoms with van der Waals surface area (Å²) in [7, 11) is 4.04. The highest BCUT2D eigenvalue weighted by molar-refractivity contribution is 5.94. The van der Waals surface area contributed by atoms with E-state index in [2.05, 4.69) is 22.1 Å². The van der Waals surface area contributed by atoms with E-state index in [1.165, 1.54) is 0 Å². The molecule has 0 aliphatic heterocycles. The van der Waals surface area contributed by atoms with Crippen molar-refractivity contribution >= 4 is 5.91 Å². The number of carbonyl (C=O) groups is 1. The number of amides is 1. The SMILES string of the molecule is Cc1cc(C)n(-c2ccc(C(=O)N(CCN(C)C)Cc3ccccc3)cc2)n1. The number of aromatic nitrogens is 2. The van der Waals surface area contributed by atoms with E-state index in [9.17, 15) is 4.79 Å². The van der Waals surface area contributed by atoms with E-state index in [4.69, 9.17) is 0 Å². The van der Waals surface area contributed by atoms with E-state index in [1.54, 1.807) is 0 Å². The minimum Gasteiger partial charge on any atom is -0.333 e. The molecule has 0 spiro atoms. The molecular formula is C23H28N4O. The first-order valence-corrected chi connectivity index (χ1v) is 9.55. The second-order valence-electron chi connectivity index (χ2n) is 7.40. The highest BCUT2D eigenvalue weighted by atomic mass is 16.2. The van der Waals surface area contributed by atoms with E-state index >= 15 is 0 Å². The number of aryl methyl sites for hydroxylation is 2. The third-order valence-corrected chi connectivity index (χ3v) is 4.69. The maximum Gasteiger partial charge on any atom is 0.254 e. The van der Waals surface area contributed by atoms with Gasteiger partial charge in [0, 0.05) is 30.9 Å². The Morgan fingerprint density at radius 3 is 2.21 bits per heavy atom. The van der Waals surface area contributed by atoms with E-state index < -0.39 is 0 Å². The van der Waals surface area contributed by atoms with Crippen LogP contribution in [0.4, 0.5) is 0 Å². The summed E-state index contributed by atoms with van der Waals surface area (Å²) >= 11 is 0. The summed E-state index contributed by atoms with van der Waals surface area (Å²) in [5.41, 5.74) is 4.85. The van der Waals surface area contributed by atoms with Crippen molar-refractivity contribution in [3.8, 4) is 5.69 Å². The number of carbonyl (C=O) groups excluding carboxylic acids is 1. The Bertz CT molecular complexity index is 914. The second-order valence-corrected chi connectivity index (χ2v) is 7.40. The number of benzene rings is 2. The fraction of sp³-hybridized carbons (Fsp3) is 0.304. The zero-order valence-electron chi connectivity index (χ0n) is 17.1. The van der Waals surface area contributed by atoms with Crippen LogP contribution in [0, 0.1) is 13.8 Å². The minimum atomic E-state index is 0.0469. The molecule has 0 aliphatic carbocycles. The molecular weight excluding hydrogens is 348 g/mol. The van der Waals surface area contributed by atoms with Crippen molar-refractivity contribution in [2.45, 2.75) is 20.4 Å². The zero-order valence-corrected chi connectivity index (χ0v) is 17.1. The van der Waals surface area contributed by atoms with E-state index in [-0.39, 0.29) is 5.91 Å². The van der Waals surface area contributed by atoms with E-state index in [0.29, 0.717) is 18.7 Å². The molecule has 1 amide bonds. The zero-order chi connectivity index (χ0) is 20.1. The fourth-order valence-corrected chi connectivity index (χ4v) is 3.19. The molecule has 0 aliphatic rings. The largest absolute Gasteiger partial charge is 0.333 e. The molecule has 0 N–H and O–H groups in total. The second kappa shape index (κ2) is 8.85. The van der Waals surface area contributed by atoms with Crippen molar-refractivity contribution in [1.82, 2.24) is 19.6 Å². The lowest BCUT2D eigenvalue weighted by Gasteiger charge is -2.25. The number of hydrogen-bond acceptors (Lipinski definition) is 3. The molecule has 0 fully saturated rings. The molecule has 2 aromatic carbocycles. The molecule has 0 bridgehead atoms. The van der Waals surface area contributed by atoms with Crippen molar-refractivity contribution in [2.75, 3.05) is 27.2 Å².